The summed E-state index contributed by atoms with van der Waals surface area (Å²) in [7, 11) is 0. The zero-order chi connectivity index (χ0) is 17.6. The maximum atomic E-state index is 12.2. The molecule has 1 atom stereocenters. The molecule has 25 heavy (non-hydrogen) atoms. The molecule has 2 heterocycles. The molecule has 2 aliphatic rings. The van der Waals surface area contributed by atoms with Gasteiger partial charge in [-0.25, -0.2) is 0 Å². The number of benzene rings is 1. The highest BCUT2D eigenvalue weighted by atomic mass is 16.2. The first-order chi connectivity index (χ1) is 12.1. The van der Waals surface area contributed by atoms with E-state index < -0.39 is 0 Å². The molecule has 0 bridgehead atoms. The predicted octanol–water partition coefficient (Wildman–Crippen LogP) is 2.67. The van der Waals surface area contributed by atoms with Gasteiger partial charge >= 0.3 is 0 Å². The van der Waals surface area contributed by atoms with E-state index in [9.17, 15) is 9.59 Å². The summed E-state index contributed by atoms with van der Waals surface area (Å²) in [5.74, 6) is 0.930. The first kappa shape index (κ1) is 17.9. The van der Waals surface area contributed by atoms with E-state index in [-0.39, 0.29) is 11.8 Å². The van der Waals surface area contributed by atoms with Crippen LogP contribution in [-0.2, 0) is 4.79 Å². The summed E-state index contributed by atoms with van der Waals surface area (Å²) >= 11 is 0. The van der Waals surface area contributed by atoms with Crippen LogP contribution in [0.2, 0.25) is 0 Å². The Morgan fingerprint density at radius 1 is 1.20 bits per heavy atom. The van der Waals surface area contributed by atoms with Crippen molar-refractivity contribution in [2.24, 2.45) is 5.92 Å². The molecular formula is C20H29N3O2. The SMILES string of the molecule is C[C@H]1CCCN(CCCNC(=O)c2ccc(N3CCCC3=O)cc2)C1. The maximum Gasteiger partial charge on any atom is 0.251 e. The van der Waals surface area contributed by atoms with Crippen molar-refractivity contribution in [3.8, 4) is 0 Å². The van der Waals surface area contributed by atoms with Crippen molar-refractivity contribution in [1.29, 1.82) is 0 Å². The molecular weight excluding hydrogens is 314 g/mol. The lowest BCUT2D eigenvalue weighted by Crippen LogP contribution is -2.36. The third-order valence-corrected chi connectivity index (χ3v) is 5.19. The van der Waals surface area contributed by atoms with Crippen LogP contribution in [0.5, 0.6) is 0 Å². The summed E-state index contributed by atoms with van der Waals surface area (Å²) in [6.45, 7) is 7.23. The molecule has 1 aromatic rings. The second kappa shape index (κ2) is 8.48. The average molecular weight is 343 g/mol. The van der Waals surface area contributed by atoms with Gasteiger partial charge in [0.2, 0.25) is 5.91 Å². The van der Waals surface area contributed by atoms with Crippen LogP contribution in [0.1, 0.15) is 49.4 Å². The second-order valence-corrected chi connectivity index (χ2v) is 7.35. The minimum absolute atomic E-state index is 0.0358. The minimum Gasteiger partial charge on any atom is -0.352 e. The van der Waals surface area contributed by atoms with Crippen molar-refractivity contribution in [1.82, 2.24) is 10.2 Å². The lowest BCUT2D eigenvalue weighted by Gasteiger charge is -2.30. The van der Waals surface area contributed by atoms with Crippen LogP contribution in [-0.4, -0.2) is 49.4 Å². The number of anilines is 1. The van der Waals surface area contributed by atoms with Crippen LogP contribution in [0.25, 0.3) is 0 Å². The fraction of sp³-hybridized carbons (Fsp3) is 0.600. The molecule has 0 saturated carbocycles. The molecule has 0 radical (unpaired) electrons. The van der Waals surface area contributed by atoms with Crippen molar-refractivity contribution in [2.75, 3.05) is 37.6 Å². The van der Waals surface area contributed by atoms with Gasteiger partial charge in [-0.2, -0.15) is 0 Å². The molecule has 5 nitrogen and oxygen atoms in total. The van der Waals surface area contributed by atoms with Crippen LogP contribution in [0, 0.1) is 5.92 Å². The van der Waals surface area contributed by atoms with E-state index in [1.165, 1.54) is 25.9 Å². The number of rotatable bonds is 6. The van der Waals surface area contributed by atoms with E-state index in [1.807, 2.05) is 24.3 Å². The molecule has 5 heteroatoms. The average Bonchev–Trinajstić information content (AvgIpc) is 3.05. The third-order valence-electron chi connectivity index (χ3n) is 5.19. The van der Waals surface area contributed by atoms with Crippen LogP contribution in [0.15, 0.2) is 24.3 Å². The topological polar surface area (TPSA) is 52.7 Å². The predicted molar refractivity (Wildman–Crippen MR) is 99.8 cm³/mol. The van der Waals surface area contributed by atoms with E-state index in [2.05, 4.69) is 17.1 Å². The number of hydrogen-bond donors (Lipinski definition) is 1. The van der Waals surface area contributed by atoms with Crippen LogP contribution in [0.4, 0.5) is 5.69 Å². The molecule has 136 valence electrons. The zero-order valence-corrected chi connectivity index (χ0v) is 15.2. The molecule has 0 spiro atoms. The van der Waals surface area contributed by atoms with Gasteiger partial charge in [0.25, 0.3) is 5.91 Å². The van der Waals surface area contributed by atoms with Crippen LogP contribution >= 0.6 is 0 Å². The summed E-state index contributed by atoms with van der Waals surface area (Å²) in [5.41, 5.74) is 1.54. The Morgan fingerprint density at radius 3 is 2.68 bits per heavy atom. The molecule has 2 amide bonds. The Kier molecular flexibility index (Phi) is 6.08. The Labute approximate surface area is 150 Å². The number of amides is 2. The van der Waals surface area contributed by atoms with Gasteiger partial charge in [0.05, 0.1) is 0 Å². The van der Waals surface area contributed by atoms with E-state index in [1.54, 1.807) is 4.90 Å². The monoisotopic (exact) mass is 343 g/mol. The fourth-order valence-electron chi connectivity index (χ4n) is 3.81. The van der Waals surface area contributed by atoms with E-state index >= 15 is 0 Å². The number of nitrogens with one attached hydrogen (secondary N) is 1. The molecule has 0 aromatic heterocycles. The van der Waals surface area contributed by atoms with E-state index in [4.69, 9.17) is 0 Å². The number of piperidine rings is 1. The molecule has 2 aliphatic heterocycles. The smallest absolute Gasteiger partial charge is 0.251 e. The summed E-state index contributed by atoms with van der Waals surface area (Å²) in [5, 5.41) is 3.00. The largest absolute Gasteiger partial charge is 0.352 e. The molecule has 1 N–H and O–H groups in total. The van der Waals surface area contributed by atoms with Crippen molar-refractivity contribution in [2.45, 2.75) is 39.0 Å². The summed E-state index contributed by atoms with van der Waals surface area (Å²) in [6, 6.07) is 7.35. The number of likely N-dealkylation sites (tertiary alicyclic amines) is 1. The first-order valence-electron chi connectivity index (χ1n) is 9.54. The normalized spacial score (nSPS) is 21.6. The third kappa shape index (κ3) is 4.82. The first-order valence-corrected chi connectivity index (χ1v) is 9.54. The summed E-state index contributed by atoms with van der Waals surface area (Å²) in [6.07, 6.45) is 5.15. The van der Waals surface area contributed by atoms with Gasteiger partial charge in [0, 0.05) is 37.3 Å². The van der Waals surface area contributed by atoms with E-state index in [0.717, 1.165) is 37.5 Å². The molecule has 0 aliphatic carbocycles. The highest BCUT2D eigenvalue weighted by molar-refractivity contribution is 5.97. The van der Waals surface area contributed by atoms with Gasteiger partial charge in [-0.3, -0.25) is 9.59 Å². The van der Waals surface area contributed by atoms with Gasteiger partial charge in [-0.1, -0.05) is 6.92 Å². The Balaban J connectivity index is 1.41. The minimum atomic E-state index is -0.0358. The van der Waals surface area contributed by atoms with E-state index in [0.29, 0.717) is 18.5 Å². The second-order valence-electron chi connectivity index (χ2n) is 7.35. The molecule has 0 unspecified atom stereocenters. The number of carbonyl (C=O) groups excluding carboxylic acids is 2. The van der Waals surface area contributed by atoms with Crippen LogP contribution in [0.3, 0.4) is 0 Å². The standard InChI is InChI=1S/C20H29N3O2/c1-16-5-2-12-22(15-16)13-4-11-21-20(25)17-7-9-18(10-8-17)23-14-3-6-19(23)24/h7-10,16H,2-6,11-15H2,1H3,(H,21,25)/t16-/m0/s1. The lowest BCUT2D eigenvalue weighted by molar-refractivity contribution is -0.117. The van der Waals surface area contributed by atoms with Crippen molar-refractivity contribution >= 4 is 17.5 Å². The molecule has 2 saturated heterocycles. The fourth-order valence-corrected chi connectivity index (χ4v) is 3.81. The number of carbonyl (C=O) groups is 2. The summed E-state index contributed by atoms with van der Waals surface area (Å²) < 4.78 is 0. The Morgan fingerprint density at radius 2 is 2.00 bits per heavy atom. The molecule has 3 rings (SSSR count). The molecule has 2 fully saturated rings. The highest BCUT2D eigenvalue weighted by Gasteiger charge is 2.21. The Bertz CT molecular complexity index is 599. The Hall–Kier alpha value is -1.88. The van der Waals surface area contributed by atoms with Gasteiger partial charge in [0.1, 0.15) is 0 Å². The quantitative estimate of drug-likeness (QED) is 0.808. The number of hydrogen-bond acceptors (Lipinski definition) is 3. The van der Waals surface area contributed by atoms with Crippen molar-refractivity contribution < 1.29 is 9.59 Å². The maximum absolute atomic E-state index is 12.2. The lowest BCUT2D eigenvalue weighted by atomic mass is 10.0. The number of nitrogens with zero attached hydrogens (tertiary/aromatic N) is 2. The zero-order valence-electron chi connectivity index (χ0n) is 15.2. The van der Waals surface area contributed by atoms with Crippen LogP contribution < -0.4 is 10.2 Å². The van der Waals surface area contributed by atoms with Crippen molar-refractivity contribution in [3.63, 3.8) is 0 Å². The highest BCUT2D eigenvalue weighted by Crippen LogP contribution is 2.21. The van der Waals surface area contributed by atoms with Gasteiger partial charge in [-0.15, -0.1) is 0 Å². The summed E-state index contributed by atoms with van der Waals surface area (Å²) in [4.78, 5) is 28.3. The molecule has 1 aromatic carbocycles. The van der Waals surface area contributed by atoms with Gasteiger partial charge in [-0.05, 0) is 69.0 Å². The van der Waals surface area contributed by atoms with Gasteiger partial charge < -0.3 is 15.1 Å². The van der Waals surface area contributed by atoms with Crippen molar-refractivity contribution in [3.05, 3.63) is 29.8 Å². The van der Waals surface area contributed by atoms with Gasteiger partial charge in [0.15, 0.2) is 0 Å².